The molecule has 0 radical (unpaired) electrons. The van der Waals surface area contributed by atoms with Crippen molar-refractivity contribution in [3.05, 3.63) is 0 Å². The van der Waals surface area contributed by atoms with Gasteiger partial charge >= 0.3 is 0 Å². The first-order valence-electron chi connectivity index (χ1n) is 3.18. The van der Waals surface area contributed by atoms with Gasteiger partial charge in [0.1, 0.15) is 0 Å². The minimum Gasteiger partial charge on any atom is -0.392 e. The smallest absolute Gasteiger partial charge is 0.0675 e. The summed E-state index contributed by atoms with van der Waals surface area (Å²) in [4.78, 5) is 2.19. The molecule has 1 heterocycles. The van der Waals surface area contributed by atoms with Gasteiger partial charge in [-0.25, -0.2) is 0 Å². The molecule has 0 aromatic carbocycles. The minimum absolute atomic E-state index is 0.176. The van der Waals surface area contributed by atoms with Crippen LogP contribution in [0.3, 0.4) is 0 Å². The molecule has 9 heavy (non-hydrogen) atoms. The highest BCUT2D eigenvalue weighted by Crippen LogP contribution is 2.20. The van der Waals surface area contributed by atoms with Crippen molar-refractivity contribution in [1.82, 2.24) is 4.90 Å². The van der Waals surface area contributed by atoms with Crippen molar-refractivity contribution in [3.8, 4) is 0 Å². The van der Waals surface area contributed by atoms with Gasteiger partial charge in [0.15, 0.2) is 0 Å². The van der Waals surface area contributed by atoms with Crippen molar-refractivity contribution in [2.75, 3.05) is 18.7 Å². The fraction of sp³-hybridized carbons (Fsp3) is 1.00. The first kappa shape index (κ1) is 7.38. The standard InChI is InChI=1S/C6H13NOS/c1-5(8)6-3-9-4-7(6)2/h5-6,8H,3-4H2,1-2H3. The van der Waals surface area contributed by atoms with E-state index < -0.39 is 0 Å². The lowest BCUT2D eigenvalue weighted by atomic mass is 10.2. The zero-order valence-electron chi connectivity index (χ0n) is 5.87. The topological polar surface area (TPSA) is 23.5 Å². The van der Waals surface area contributed by atoms with Crippen LogP contribution in [-0.4, -0.2) is 40.8 Å². The zero-order chi connectivity index (χ0) is 6.85. The third kappa shape index (κ3) is 1.60. The summed E-state index contributed by atoms with van der Waals surface area (Å²) in [5.74, 6) is 2.14. The Labute approximate surface area is 60.2 Å². The van der Waals surface area contributed by atoms with Crippen LogP contribution < -0.4 is 0 Å². The molecule has 1 aliphatic rings. The monoisotopic (exact) mass is 147 g/mol. The second-order valence-corrected chi connectivity index (χ2v) is 3.56. The normalized spacial score (nSPS) is 33.0. The summed E-state index contributed by atoms with van der Waals surface area (Å²) in [7, 11) is 2.05. The zero-order valence-corrected chi connectivity index (χ0v) is 6.69. The molecule has 2 nitrogen and oxygen atoms in total. The lowest BCUT2D eigenvalue weighted by Crippen LogP contribution is -2.36. The Bertz CT molecular complexity index is 97.1. The summed E-state index contributed by atoms with van der Waals surface area (Å²) in [6.07, 6.45) is -0.176. The molecule has 1 N–H and O–H groups in total. The Morgan fingerprint density at radius 1 is 1.78 bits per heavy atom. The van der Waals surface area contributed by atoms with E-state index in [-0.39, 0.29) is 6.10 Å². The van der Waals surface area contributed by atoms with Crippen LogP contribution in [-0.2, 0) is 0 Å². The SMILES string of the molecule is CC(O)C1CSCN1C. The van der Waals surface area contributed by atoms with Crippen LogP contribution in [0.4, 0.5) is 0 Å². The van der Waals surface area contributed by atoms with E-state index in [0.29, 0.717) is 6.04 Å². The molecular weight excluding hydrogens is 134 g/mol. The van der Waals surface area contributed by atoms with Crippen molar-refractivity contribution in [3.63, 3.8) is 0 Å². The highest BCUT2D eigenvalue weighted by Gasteiger charge is 2.24. The van der Waals surface area contributed by atoms with Gasteiger partial charge < -0.3 is 5.11 Å². The summed E-state index contributed by atoms with van der Waals surface area (Å²) in [5, 5.41) is 9.17. The van der Waals surface area contributed by atoms with Gasteiger partial charge in [-0.05, 0) is 14.0 Å². The average molecular weight is 147 g/mol. The average Bonchev–Trinajstić information content (AvgIpc) is 2.13. The molecule has 1 rings (SSSR count). The number of aliphatic hydroxyl groups is 1. The quantitative estimate of drug-likeness (QED) is 0.580. The maximum Gasteiger partial charge on any atom is 0.0675 e. The highest BCUT2D eigenvalue weighted by atomic mass is 32.2. The number of likely N-dealkylation sites (N-methyl/N-ethyl adjacent to an activating group) is 1. The highest BCUT2D eigenvalue weighted by molar-refractivity contribution is 7.99. The predicted octanol–water partition coefficient (Wildman–Crippen LogP) is 0.372. The fourth-order valence-corrected chi connectivity index (χ4v) is 2.41. The van der Waals surface area contributed by atoms with E-state index in [9.17, 15) is 0 Å². The van der Waals surface area contributed by atoms with Crippen molar-refractivity contribution >= 4 is 11.8 Å². The largest absolute Gasteiger partial charge is 0.392 e. The number of hydrogen-bond donors (Lipinski definition) is 1. The molecule has 0 aliphatic carbocycles. The Kier molecular flexibility index (Phi) is 2.38. The van der Waals surface area contributed by atoms with Crippen molar-refractivity contribution in [2.45, 2.75) is 19.1 Å². The van der Waals surface area contributed by atoms with E-state index in [1.54, 1.807) is 0 Å². The molecule has 0 bridgehead atoms. The van der Waals surface area contributed by atoms with Gasteiger partial charge in [0, 0.05) is 17.7 Å². The second-order valence-electron chi connectivity index (χ2n) is 2.56. The van der Waals surface area contributed by atoms with Crippen molar-refractivity contribution in [2.24, 2.45) is 0 Å². The maximum absolute atomic E-state index is 9.17. The molecule has 1 saturated heterocycles. The van der Waals surface area contributed by atoms with Crippen molar-refractivity contribution in [1.29, 1.82) is 0 Å². The summed E-state index contributed by atoms with van der Waals surface area (Å²) in [6.45, 7) is 1.85. The third-order valence-corrected chi connectivity index (χ3v) is 2.87. The second kappa shape index (κ2) is 2.90. The maximum atomic E-state index is 9.17. The summed E-state index contributed by atoms with van der Waals surface area (Å²) in [6, 6.07) is 0.384. The van der Waals surface area contributed by atoms with Gasteiger partial charge in [-0.15, -0.1) is 11.8 Å². The van der Waals surface area contributed by atoms with Gasteiger partial charge in [0.05, 0.1) is 6.10 Å². The molecular formula is C6H13NOS. The summed E-state index contributed by atoms with van der Waals surface area (Å²) >= 11 is 1.88. The third-order valence-electron chi connectivity index (χ3n) is 1.71. The molecule has 1 aliphatic heterocycles. The number of thioether (sulfide) groups is 1. The van der Waals surface area contributed by atoms with Crippen LogP contribution in [0.1, 0.15) is 6.92 Å². The molecule has 0 amide bonds. The number of nitrogens with zero attached hydrogens (tertiary/aromatic N) is 1. The van der Waals surface area contributed by atoms with E-state index in [2.05, 4.69) is 11.9 Å². The van der Waals surface area contributed by atoms with Gasteiger partial charge in [0.25, 0.3) is 0 Å². The first-order chi connectivity index (χ1) is 4.22. The Morgan fingerprint density at radius 2 is 2.44 bits per heavy atom. The summed E-state index contributed by atoms with van der Waals surface area (Å²) in [5.41, 5.74) is 0. The van der Waals surface area contributed by atoms with Crippen LogP contribution in [0.25, 0.3) is 0 Å². The van der Waals surface area contributed by atoms with E-state index in [1.165, 1.54) is 0 Å². The van der Waals surface area contributed by atoms with Gasteiger partial charge in [-0.3, -0.25) is 4.90 Å². The minimum atomic E-state index is -0.176. The van der Waals surface area contributed by atoms with Crippen LogP contribution in [0.5, 0.6) is 0 Å². The van der Waals surface area contributed by atoms with Crippen LogP contribution in [0.2, 0.25) is 0 Å². The van der Waals surface area contributed by atoms with E-state index in [4.69, 9.17) is 5.11 Å². The fourth-order valence-electron chi connectivity index (χ4n) is 1.05. The molecule has 0 spiro atoms. The van der Waals surface area contributed by atoms with E-state index in [1.807, 2.05) is 18.7 Å². The molecule has 1 fully saturated rings. The van der Waals surface area contributed by atoms with Crippen LogP contribution >= 0.6 is 11.8 Å². The molecule has 0 aromatic heterocycles. The van der Waals surface area contributed by atoms with Gasteiger partial charge in [-0.1, -0.05) is 0 Å². The lowest BCUT2D eigenvalue weighted by Gasteiger charge is -2.20. The number of aliphatic hydroxyl groups excluding tert-OH is 1. The molecule has 2 unspecified atom stereocenters. The van der Waals surface area contributed by atoms with Gasteiger partial charge in [0.2, 0.25) is 0 Å². The van der Waals surface area contributed by atoms with Crippen LogP contribution in [0, 0.1) is 0 Å². The Hall–Kier alpha value is 0.270. The number of rotatable bonds is 1. The molecule has 3 heteroatoms. The van der Waals surface area contributed by atoms with E-state index in [0.717, 1.165) is 11.6 Å². The van der Waals surface area contributed by atoms with E-state index >= 15 is 0 Å². The predicted molar refractivity (Wildman–Crippen MR) is 40.6 cm³/mol. The van der Waals surface area contributed by atoms with Crippen LogP contribution in [0.15, 0.2) is 0 Å². The molecule has 0 saturated carbocycles. The Balaban J connectivity index is 2.40. The van der Waals surface area contributed by atoms with Gasteiger partial charge in [-0.2, -0.15) is 0 Å². The molecule has 0 aromatic rings. The van der Waals surface area contributed by atoms with Crippen molar-refractivity contribution < 1.29 is 5.11 Å². The Morgan fingerprint density at radius 3 is 2.67 bits per heavy atom. The number of hydrogen-bond acceptors (Lipinski definition) is 3. The summed E-state index contributed by atoms with van der Waals surface area (Å²) < 4.78 is 0. The molecule has 54 valence electrons. The molecule has 2 atom stereocenters. The lowest BCUT2D eigenvalue weighted by molar-refractivity contribution is 0.106. The first-order valence-corrected chi connectivity index (χ1v) is 4.33.